The minimum absolute atomic E-state index is 0.142. The monoisotopic (exact) mass is 236 g/mol. The summed E-state index contributed by atoms with van der Waals surface area (Å²) in [5.74, 6) is 0. The molecule has 0 radical (unpaired) electrons. The summed E-state index contributed by atoms with van der Waals surface area (Å²) in [7, 11) is 0. The zero-order chi connectivity index (χ0) is 12.3. The molecule has 2 aromatic rings. The molecule has 7 heteroatoms. The lowest BCUT2D eigenvalue weighted by Gasteiger charge is -2.00. The Morgan fingerprint density at radius 2 is 2.35 bits per heavy atom. The fraction of sp³-hybridized carbons (Fsp3) is 0.200. The lowest BCUT2D eigenvalue weighted by atomic mass is 10.3. The Kier molecular flexibility index (Phi) is 2.99. The maximum Gasteiger partial charge on any atom is 0.404 e. The van der Waals surface area contributed by atoms with Crippen molar-refractivity contribution in [1.82, 2.24) is 4.98 Å². The van der Waals surface area contributed by atoms with Crippen molar-refractivity contribution >= 4 is 28.9 Å². The molecule has 2 rings (SSSR count). The molecule has 0 aliphatic heterocycles. The molecule has 0 aliphatic rings. The fourth-order valence-corrected chi connectivity index (χ4v) is 1.36. The SMILES string of the molecule is NC(=O)OCCNc1nc2c(N)cccc2o1. The van der Waals surface area contributed by atoms with E-state index < -0.39 is 6.09 Å². The van der Waals surface area contributed by atoms with Gasteiger partial charge in [-0.25, -0.2) is 4.79 Å². The van der Waals surface area contributed by atoms with Crippen molar-refractivity contribution in [2.24, 2.45) is 5.73 Å². The number of nitrogens with one attached hydrogen (secondary N) is 1. The van der Waals surface area contributed by atoms with Crippen LogP contribution < -0.4 is 16.8 Å². The number of rotatable bonds is 4. The van der Waals surface area contributed by atoms with Crippen LogP contribution in [-0.2, 0) is 4.74 Å². The van der Waals surface area contributed by atoms with Crippen molar-refractivity contribution < 1.29 is 13.9 Å². The number of para-hydroxylation sites is 1. The van der Waals surface area contributed by atoms with Gasteiger partial charge in [0.05, 0.1) is 12.2 Å². The summed E-state index contributed by atoms with van der Waals surface area (Å²) in [4.78, 5) is 14.5. The number of hydrogen-bond donors (Lipinski definition) is 3. The summed E-state index contributed by atoms with van der Waals surface area (Å²) in [6, 6.07) is 5.61. The van der Waals surface area contributed by atoms with Gasteiger partial charge in [-0.2, -0.15) is 4.98 Å². The van der Waals surface area contributed by atoms with Gasteiger partial charge in [0, 0.05) is 0 Å². The third-order valence-corrected chi connectivity index (χ3v) is 2.07. The molecular weight excluding hydrogens is 224 g/mol. The van der Waals surface area contributed by atoms with Gasteiger partial charge >= 0.3 is 6.09 Å². The number of aromatic nitrogens is 1. The summed E-state index contributed by atoms with van der Waals surface area (Å²) in [5.41, 5.74) is 12.3. The van der Waals surface area contributed by atoms with E-state index in [4.69, 9.17) is 15.9 Å². The Hall–Kier alpha value is -2.44. The molecule has 0 atom stereocenters. The number of ether oxygens (including phenoxy) is 1. The van der Waals surface area contributed by atoms with Crippen LogP contribution in [0, 0.1) is 0 Å². The Labute approximate surface area is 96.7 Å². The van der Waals surface area contributed by atoms with Gasteiger partial charge in [0.15, 0.2) is 5.58 Å². The van der Waals surface area contributed by atoms with E-state index in [-0.39, 0.29) is 6.61 Å². The van der Waals surface area contributed by atoms with Gasteiger partial charge in [-0.1, -0.05) is 6.07 Å². The number of carbonyl (C=O) groups excluding carboxylic acids is 1. The van der Waals surface area contributed by atoms with Gasteiger partial charge in [0.25, 0.3) is 6.01 Å². The quantitative estimate of drug-likeness (QED) is 0.536. The minimum atomic E-state index is -0.811. The summed E-state index contributed by atoms with van der Waals surface area (Å²) in [5, 5.41) is 2.85. The molecule has 1 amide bonds. The van der Waals surface area contributed by atoms with Gasteiger partial charge in [0.2, 0.25) is 0 Å². The number of nitrogens with zero attached hydrogens (tertiary/aromatic N) is 1. The molecule has 5 N–H and O–H groups in total. The number of benzene rings is 1. The second kappa shape index (κ2) is 4.60. The number of anilines is 2. The van der Waals surface area contributed by atoms with Gasteiger partial charge in [-0.05, 0) is 12.1 Å². The molecule has 1 aromatic carbocycles. The second-order valence-electron chi connectivity index (χ2n) is 3.31. The first kappa shape index (κ1) is 11.1. The second-order valence-corrected chi connectivity index (χ2v) is 3.31. The number of oxazole rings is 1. The molecule has 1 aromatic heterocycles. The van der Waals surface area contributed by atoms with E-state index in [2.05, 4.69) is 15.0 Å². The third kappa shape index (κ3) is 2.57. The molecule has 90 valence electrons. The molecule has 0 unspecified atom stereocenters. The topological polar surface area (TPSA) is 116 Å². The highest BCUT2D eigenvalue weighted by atomic mass is 16.5. The molecule has 0 spiro atoms. The number of carbonyl (C=O) groups is 1. The number of hydrogen-bond acceptors (Lipinski definition) is 6. The summed E-state index contributed by atoms with van der Waals surface area (Å²) < 4.78 is 9.93. The predicted octanol–water partition coefficient (Wildman–Crippen LogP) is 0.917. The minimum Gasteiger partial charge on any atom is -0.448 e. The highest BCUT2D eigenvalue weighted by Gasteiger charge is 2.07. The van der Waals surface area contributed by atoms with E-state index in [1.165, 1.54) is 0 Å². The number of nitrogens with two attached hydrogens (primary N) is 2. The summed E-state index contributed by atoms with van der Waals surface area (Å²) in [6.45, 7) is 0.499. The van der Waals surface area contributed by atoms with Gasteiger partial charge in [-0.3, -0.25) is 0 Å². The van der Waals surface area contributed by atoms with Crippen molar-refractivity contribution in [3.05, 3.63) is 18.2 Å². The van der Waals surface area contributed by atoms with Gasteiger partial charge < -0.3 is 25.9 Å². The largest absolute Gasteiger partial charge is 0.448 e. The van der Waals surface area contributed by atoms with Crippen LogP contribution in [0.25, 0.3) is 11.1 Å². The van der Waals surface area contributed by atoms with Crippen LogP contribution in [0.5, 0.6) is 0 Å². The molecule has 0 bridgehead atoms. The van der Waals surface area contributed by atoms with Gasteiger partial charge in [-0.15, -0.1) is 0 Å². The van der Waals surface area contributed by atoms with Gasteiger partial charge in [0.1, 0.15) is 12.1 Å². The molecule has 7 nitrogen and oxygen atoms in total. The summed E-state index contributed by atoms with van der Waals surface area (Å²) in [6.07, 6.45) is -0.811. The van der Waals surface area contributed by atoms with Crippen LogP contribution in [0.1, 0.15) is 0 Å². The molecule has 0 fully saturated rings. The normalized spacial score (nSPS) is 10.4. The van der Waals surface area contributed by atoms with E-state index in [0.717, 1.165) is 0 Å². The Morgan fingerprint density at radius 3 is 3.06 bits per heavy atom. The average Bonchev–Trinajstić information content (AvgIpc) is 2.69. The Morgan fingerprint density at radius 1 is 1.53 bits per heavy atom. The zero-order valence-electron chi connectivity index (χ0n) is 8.97. The van der Waals surface area contributed by atoms with Crippen molar-refractivity contribution in [2.45, 2.75) is 0 Å². The maximum absolute atomic E-state index is 10.3. The molecule has 1 heterocycles. The molecule has 17 heavy (non-hydrogen) atoms. The van der Waals surface area contributed by atoms with Crippen LogP contribution in [0.4, 0.5) is 16.5 Å². The first-order chi connectivity index (χ1) is 8.16. The lowest BCUT2D eigenvalue weighted by Crippen LogP contribution is -2.18. The van der Waals surface area contributed by atoms with Crippen LogP contribution in [0.2, 0.25) is 0 Å². The number of primary amides is 1. The number of nitrogen functional groups attached to an aromatic ring is 1. The smallest absolute Gasteiger partial charge is 0.404 e. The lowest BCUT2D eigenvalue weighted by molar-refractivity contribution is 0.161. The molecular formula is C10H12N4O3. The van der Waals surface area contributed by atoms with Crippen LogP contribution in [0.15, 0.2) is 22.6 Å². The predicted molar refractivity (Wildman–Crippen MR) is 62.4 cm³/mol. The van der Waals surface area contributed by atoms with Crippen molar-refractivity contribution in [3.8, 4) is 0 Å². The van der Waals surface area contributed by atoms with Crippen LogP contribution in [0.3, 0.4) is 0 Å². The van der Waals surface area contributed by atoms with Crippen molar-refractivity contribution in [2.75, 3.05) is 24.2 Å². The van der Waals surface area contributed by atoms with Crippen molar-refractivity contribution in [3.63, 3.8) is 0 Å². The van der Waals surface area contributed by atoms with Crippen molar-refractivity contribution in [1.29, 1.82) is 0 Å². The Bertz CT molecular complexity index is 537. The number of amides is 1. The molecule has 0 aliphatic carbocycles. The highest BCUT2D eigenvalue weighted by molar-refractivity contribution is 5.86. The first-order valence-electron chi connectivity index (χ1n) is 4.98. The standard InChI is InChI=1S/C10H12N4O3/c11-6-2-1-3-7-8(6)14-10(17-7)13-4-5-16-9(12)15/h1-3H,4-5,11H2,(H2,12,15)(H,13,14). The van der Waals surface area contributed by atoms with E-state index in [1.54, 1.807) is 18.2 Å². The van der Waals surface area contributed by atoms with E-state index in [1.807, 2.05) is 0 Å². The number of fused-ring (bicyclic) bond motifs is 1. The summed E-state index contributed by atoms with van der Waals surface area (Å²) >= 11 is 0. The van der Waals surface area contributed by atoms with Crippen LogP contribution >= 0.6 is 0 Å². The zero-order valence-corrected chi connectivity index (χ0v) is 8.97. The maximum atomic E-state index is 10.3. The average molecular weight is 236 g/mol. The molecule has 0 saturated heterocycles. The first-order valence-corrected chi connectivity index (χ1v) is 4.98. The third-order valence-electron chi connectivity index (χ3n) is 2.07. The Balaban J connectivity index is 2.00. The molecule has 0 saturated carbocycles. The van der Waals surface area contributed by atoms with Crippen LogP contribution in [-0.4, -0.2) is 24.2 Å². The fourth-order valence-electron chi connectivity index (χ4n) is 1.36. The van der Waals surface area contributed by atoms with E-state index >= 15 is 0 Å². The van der Waals surface area contributed by atoms with E-state index in [9.17, 15) is 4.79 Å². The highest BCUT2D eigenvalue weighted by Crippen LogP contribution is 2.23. The van der Waals surface area contributed by atoms with E-state index in [0.29, 0.717) is 29.3 Å².